The van der Waals surface area contributed by atoms with Gasteiger partial charge in [0.15, 0.2) is 5.58 Å². The molecule has 7 nitrogen and oxygen atoms in total. The van der Waals surface area contributed by atoms with Crippen molar-refractivity contribution in [3.05, 3.63) is 18.2 Å². The topological polar surface area (TPSA) is 84.8 Å². The molecule has 1 aromatic heterocycles. The van der Waals surface area contributed by atoms with Gasteiger partial charge >= 0.3 is 0 Å². The van der Waals surface area contributed by atoms with Crippen LogP contribution in [0.3, 0.4) is 0 Å². The van der Waals surface area contributed by atoms with Gasteiger partial charge in [-0.05, 0) is 78.4 Å². The molecule has 3 unspecified atom stereocenters. The molecule has 1 aromatic carbocycles. The number of rotatable bonds is 7. The van der Waals surface area contributed by atoms with Gasteiger partial charge in [0.1, 0.15) is 16.8 Å². The van der Waals surface area contributed by atoms with Gasteiger partial charge in [-0.25, -0.2) is 0 Å². The Morgan fingerprint density at radius 1 is 1.25 bits per heavy atom. The predicted molar refractivity (Wildman–Crippen MR) is 127 cm³/mol. The van der Waals surface area contributed by atoms with Crippen molar-refractivity contribution >= 4 is 23.0 Å². The van der Waals surface area contributed by atoms with E-state index in [4.69, 9.17) is 19.9 Å². The van der Waals surface area contributed by atoms with Crippen molar-refractivity contribution in [2.24, 2.45) is 5.73 Å². The minimum atomic E-state index is -0.771. The second-order valence-corrected chi connectivity index (χ2v) is 9.91. The normalized spacial score (nSPS) is 27.2. The summed E-state index contributed by atoms with van der Waals surface area (Å²) in [6.45, 7) is 10.2. The number of aromatic nitrogens is 1. The Labute approximate surface area is 191 Å². The predicted octanol–water partition coefficient (Wildman–Crippen LogP) is 4.48. The minimum Gasteiger partial charge on any atom is -0.491 e. The van der Waals surface area contributed by atoms with E-state index in [1.807, 2.05) is 36.9 Å². The van der Waals surface area contributed by atoms with E-state index < -0.39 is 5.54 Å². The third-order valence-corrected chi connectivity index (χ3v) is 7.31. The van der Waals surface area contributed by atoms with Crippen LogP contribution in [-0.4, -0.2) is 52.6 Å². The van der Waals surface area contributed by atoms with Crippen molar-refractivity contribution in [3.63, 3.8) is 0 Å². The third kappa shape index (κ3) is 4.45. The highest BCUT2D eigenvalue weighted by molar-refractivity contribution is 5.89. The Hall–Kier alpha value is -2.28. The van der Waals surface area contributed by atoms with E-state index in [9.17, 15) is 4.79 Å². The lowest BCUT2D eigenvalue weighted by Crippen LogP contribution is -2.62. The average molecular weight is 443 g/mol. The van der Waals surface area contributed by atoms with E-state index >= 15 is 0 Å². The van der Waals surface area contributed by atoms with E-state index in [1.54, 1.807) is 0 Å². The van der Waals surface area contributed by atoms with Crippen LogP contribution in [0.1, 0.15) is 72.6 Å². The highest BCUT2D eigenvalue weighted by Gasteiger charge is 2.46. The monoisotopic (exact) mass is 442 g/mol. The first-order valence-corrected chi connectivity index (χ1v) is 12.2. The molecule has 1 amide bonds. The highest BCUT2D eigenvalue weighted by atomic mass is 16.5. The van der Waals surface area contributed by atoms with Crippen LogP contribution < -0.4 is 15.4 Å². The van der Waals surface area contributed by atoms with Crippen LogP contribution in [0, 0.1) is 0 Å². The second-order valence-electron chi connectivity index (χ2n) is 9.91. The lowest BCUT2D eigenvalue weighted by molar-refractivity contribution is -0.124. The molecule has 0 spiro atoms. The van der Waals surface area contributed by atoms with Crippen LogP contribution >= 0.6 is 0 Å². The van der Waals surface area contributed by atoms with Crippen LogP contribution in [0.4, 0.5) is 6.01 Å². The average Bonchev–Trinajstić information content (AvgIpc) is 3.16. The van der Waals surface area contributed by atoms with Crippen molar-refractivity contribution in [2.75, 3.05) is 18.0 Å². The molecule has 2 aliphatic heterocycles. The molecule has 4 rings (SSSR count). The smallest absolute Gasteiger partial charge is 0.299 e. The number of nitrogens with zero attached hydrogens (tertiary/aromatic N) is 3. The Morgan fingerprint density at radius 2 is 2.00 bits per heavy atom. The molecule has 0 aliphatic carbocycles. The maximum absolute atomic E-state index is 13.0. The van der Waals surface area contributed by atoms with Gasteiger partial charge in [-0.2, -0.15) is 4.98 Å². The second kappa shape index (κ2) is 9.30. The number of piperidine rings is 2. The summed E-state index contributed by atoms with van der Waals surface area (Å²) in [5.74, 6) is 0.476. The summed E-state index contributed by atoms with van der Waals surface area (Å²) in [5, 5.41) is 0. The number of ether oxygens (including phenoxy) is 1. The molecule has 2 saturated heterocycles. The Morgan fingerprint density at radius 3 is 2.69 bits per heavy atom. The van der Waals surface area contributed by atoms with Gasteiger partial charge in [-0.3, -0.25) is 9.69 Å². The molecule has 176 valence electrons. The molecule has 0 radical (unpaired) electrons. The van der Waals surface area contributed by atoms with Crippen LogP contribution in [-0.2, 0) is 4.79 Å². The van der Waals surface area contributed by atoms with Crippen molar-refractivity contribution < 1.29 is 13.9 Å². The van der Waals surface area contributed by atoms with Crippen molar-refractivity contribution in [1.82, 2.24) is 9.88 Å². The number of hydrogen-bond donors (Lipinski definition) is 1. The number of primary amides is 1. The minimum absolute atomic E-state index is 0.0824. The first-order chi connectivity index (χ1) is 15.3. The summed E-state index contributed by atoms with van der Waals surface area (Å²) < 4.78 is 12.0. The van der Waals surface area contributed by atoms with Crippen LogP contribution in [0.2, 0.25) is 0 Å². The van der Waals surface area contributed by atoms with Gasteiger partial charge in [0.25, 0.3) is 6.01 Å². The zero-order chi connectivity index (χ0) is 22.9. The van der Waals surface area contributed by atoms with E-state index in [0.29, 0.717) is 30.1 Å². The van der Waals surface area contributed by atoms with Crippen molar-refractivity contribution in [3.8, 4) is 5.75 Å². The first-order valence-electron chi connectivity index (χ1n) is 12.2. The van der Waals surface area contributed by atoms with Gasteiger partial charge in [0.2, 0.25) is 5.91 Å². The largest absolute Gasteiger partial charge is 0.491 e. The number of amides is 1. The molecule has 32 heavy (non-hydrogen) atoms. The standard InChI is InChI=1S/C25H38N4O3/c1-17(2)31-20-10-11-21-22(16-20)32-24(27-21)29-14-6-5-12-25(29,23(26)30)13-15-28-18(3)8-7-9-19(28)4/h10-11,16-19H,5-9,12-15H2,1-4H3,(H2,26,30). The van der Waals surface area contributed by atoms with Gasteiger partial charge in [0.05, 0.1) is 6.10 Å². The molecule has 0 saturated carbocycles. The molecule has 2 N–H and O–H groups in total. The Balaban J connectivity index is 1.62. The lowest BCUT2D eigenvalue weighted by Gasteiger charge is -2.46. The zero-order valence-electron chi connectivity index (χ0n) is 20.0. The summed E-state index contributed by atoms with van der Waals surface area (Å²) in [6.07, 6.45) is 7.18. The van der Waals surface area contributed by atoms with Crippen LogP contribution in [0.15, 0.2) is 22.6 Å². The fraction of sp³-hybridized carbons (Fsp3) is 0.680. The van der Waals surface area contributed by atoms with E-state index in [-0.39, 0.29) is 12.0 Å². The molecule has 2 aromatic rings. The maximum atomic E-state index is 13.0. The molecular formula is C25H38N4O3. The van der Waals surface area contributed by atoms with Crippen molar-refractivity contribution in [2.45, 2.75) is 96.4 Å². The number of anilines is 1. The third-order valence-electron chi connectivity index (χ3n) is 7.31. The number of fused-ring (bicyclic) bond motifs is 1. The Kier molecular flexibility index (Phi) is 6.65. The Bertz CT molecular complexity index is 932. The fourth-order valence-corrected chi connectivity index (χ4v) is 5.54. The number of carbonyl (C=O) groups excluding carboxylic acids is 1. The molecule has 0 bridgehead atoms. The maximum Gasteiger partial charge on any atom is 0.299 e. The molecular weight excluding hydrogens is 404 g/mol. The molecule has 3 atom stereocenters. The molecule has 3 heterocycles. The summed E-state index contributed by atoms with van der Waals surface area (Å²) in [7, 11) is 0. The first kappa shape index (κ1) is 22.9. The van der Waals surface area contributed by atoms with E-state index in [1.165, 1.54) is 19.3 Å². The molecule has 7 heteroatoms. The van der Waals surface area contributed by atoms with Crippen LogP contribution in [0.5, 0.6) is 5.75 Å². The molecule has 2 aliphatic rings. The van der Waals surface area contributed by atoms with Gasteiger partial charge in [-0.15, -0.1) is 0 Å². The summed E-state index contributed by atoms with van der Waals surface area (Å²) in [4.78, 5) is 22.3. The fourth-order valence-electron chi connectivity index (χ4n) is 5.54. The quantitative estimate of drug-likeness (QED) is 0.680. The molecule has 2 fully saturated rings. The number of oxazole rings is 1. The number of likely N-dealkylation sites (tertiary alicyclic amines) is 1. The SMILES string of the molecule is CC(C)Oc1ccc2nc(N3CCCCC3(CCN3C(C)CCCC3C)C(N)=O)oc2c1. The van der Waals surface area contributed by atoms with E-state index in [2.05, 4.69) is 18.7 Å². The lowest BCUT2D eigenvalue weighted by atomic mass is 9.82. The number of nitrogens with two attached hydrogens (primary N) is 1. The zero-order valence-corrected chi connectivity index (χ0v) is 20.0. The number of carbonyl (C=O) groups is 1. The van der Waals surface area contributed by atoms with E-state index in [0.717, 1.165) is 43.6 Å². The summed E-state index contributed by atoms with van der Waals surface area (Å²) in [6, 6.07) is 7.24. The van der Waals surface area contributed by atoms with Gasteiger partial charge in [0, 0.05) is 31.2 Å². The van der Waals surface area contributed by atoms with Gasteiger partial charge in [-0.1, -0.05) is 6.42 Å². The number of hydrogen-bond acceptors (Lipinski definition) is 6. The summed E-state index contributed by atoms with van der Waals surface area (Å²) >= 11 is 0. The summed E-state index contributed by atoms with van der Waals surface area (Å²) in [5.41, 5.74) is 6.76. The van der Waals surface area contributed by atoms with Gasteiger partial charge < -0.3 is 19.8 Å². The van der Waals surface area contributed by atoms with Crippen LogP contribution in [0.25, 0.3) is 11.1 Å². The highest BCUT2D eigenvalue weighted by Crippen LogP contribution is 2.38. The van der Waals surface area contributed by atoms with Crippen molar-refractivity contribution in [1.29, 1.82) is 0 Å². The number of benzene rings is 1.